The molecule has 1 aliphatic rings. The monoisotopic (exact) mass is 312 g/mol. The summed E-state index contributed by atoms with van der Waals surface area (Å²) in [7, 11) is 1.69. The zero-order valence-corrected chi connectivity index (χ0v) is 13.2. The van der Waals surface area contributed by atoms with Crippen LogP contribution in [0.2, 0.25) is 0 Å². The summed E-state index contributed by atoms with van der Waals surface area (Å²) >= 11 is 1.51. The molecule has 7 heteroatoms. The number of carboxylic acid groups (broad SMARTS) is 1. The van der Waals surface area contributed by atoms with E-state index in [1.54, 1.807) is 11.9 Å². The van der Waals surface area contributed by atoms with Crippen LogP contribution in [0.4, 0.5) is 0 Å². The highest BCUT2D eigenvalue weighted by atomic mass is 32.1. The SMILES string of the molecule is CCO[C@H](C)c1nc(CN(C)C(=O)[C@H]2C[C@@H]2C(=O)O)cs1. The van der Waals surface area contributed by atoms with Crippen LogP contribution in [-0.2, 0) is 20.9 Å². The minimum absolute atomic E-state index is 0.0467. The largest absolute Gasteiger partial charge is 0.481 e. The van der Waals surface area contributed by atoms with Gasteiger partial charge in [-0.15, -0.1) is 11.3 Å². The molecule has 116 valence electrons. The molecule has 1 aromatic rings. The average molecular weight is 312 g/mol. The number of ether oxygens (including phenoxy) is 1. The van der Waals surface area contributed by atoms with E-state index in [1.165, 1.54) is 11.3 Å². The Morgan fingerprint density at radius 3 is 2.86 bits per heavy atom. The Labute approximate surface area is 127 Å². The van der Waals surface area contributed by atoms with Gasteiger partial charge in [-0.05, 0) is 20.3 Å². The second kappa shape index (κ2) is 6.53. The van der Waals surface area contributed by atoms with Gasteiger partial charge in [0.25, 0.3) is 0 Å². The van der Waals surface area contributed by atoms with Gasteiger partial charge in [-0.3, -0.25) is 9.59 Å². The van der Waals surface area contributed by atoms with Crippen LogP contribution in [0.1, 0.15) is 37.1 Å². The Balaban J connectivity index is 1.90. The van der Waals surface area contributed by atoms with Gasteiger partial charge < -0.3 is 14.7 Å². The van der Waals surface area contributed by atoms with E-state index in [9.17, 15) is 9.59 Å². The second-order valence-electron chi connectivity index (χ2n) is 5.26. The fraction of sp³-hybridized carbons (Fsp3) is 0.643. The van der Waals surface area contributed by atoms with E-state index in [2.05, 4.69) is 4.98 Å². The smallest absolute Gasteiger partial charge is 0.307 e. The number of aromatic nitrogens is 1. The highest BCUT2D eigenvalue weighted by Crippen LogP contribution is 2.40. The van der Waals surface area contributed by atoms with Gasteiger partial charge in [0.1, 0.15) is 11.1 Å². The highest BCUT2D eigenvalue weighted by Gasteiger charge is 2.49. The molecule has 1 aromatic heterocycles. The number of hydrogen-bond acceptors (Lipinski definition) is 5. The summed E-state index contributed by atoms with van der Waals surface area (Å²) in [5.41, 5.74) is 0.810. The van der Waals surface area contributed by atoms with E-state index in [0.717, 1.165) is 10.7 Å². The lowest BCUT2D eigenvalue weighted by Crippen LogP contribution is -2.29. The zero-order valence-electron chi connectivity index (χ0n) is 12.4. The Morgan fingerprint density at radius 2 is 2.29 bits per heavy atom. The molecule has 0 radical (unpaired) electrons. The maximum atomic E-state index is 12.1. The van der Waals surface area contributed by atoms with Gasteiger partial charge in [0, 0.05) is 19.0 Å². The molecule has 0 aromatic carbocycles. The molecule has 21 heavy (non-hydrogen) atoms. The van der Waals surface area contributed by atoms with Crippen molar-refractivity contribution in [2.45, 2.75) is 32.9 Å². The number of carboxylic acids is 1. The van der Waals surface area contributed by atoms with Crippen LogP contribution in [0.15, 0.2) is 5.38 Å². The lowest BCUT2D eigenvalue weighted by atomic mass is 10.3. The molecule has 3 atom stereocenters. The molecule has 1 aliphatic carbocycles. The van der Waals surface area contributed by atoms with Crippen molar-refractivity contribution in [1.82, 2.24) is 9.88 Å². The van der Waals surface area contributed by atoms with Gasteiger partial charge in [-0.25, -0.2) is 4.98 Å². The molecule has 1 fully saturated rings. The summed E-state index contributed by atoms with van der Waals surface area (Å²) < 4.78 is 5.48. The summed E-state index contributed by atoms with van der Waals surface area (Å²) in [6, 6.07) is 0. The lowest BCUT2D eigenvalue weighted by Gasteiger charge is -2.15. The van der Waals surface area contributed by atoms with Crippen LogP contribution < -0.4 is 0 Å². The molecule has 1 heterocycles. The van der Waals surface area contributed by atoms with Gasteiger partial charge in [-0.2, -0.15) is 0 Å². The summed E-state index contributed by atoms with van der Waals surface area (Å²) in [5, 5.41) is 11.7. The van der Waals surface area contributed by atoms with Gasteiger partial charge in [-0.1, -0.05) is 0 Å². The third kappa shape index (κ3) is 3.79. The van der Waals surface area contributed by atoms with Crippen molar-refractivity contribution in [3.63, 3.8) is 0 Å². The molecule has 0 saturated heterocycles. The summed E-state index contributed by atoms with van der Waals surface area (Å²) in [6.07, 6.45) is 0.400. The molecule has 0 spiro atoms. The quantitative estimate of drug-likeness (QED) is 0.832. The molecule has 2 rings (SSSR count). The maximum absolute atomic E-state index is 12.1. The van der Waals surface area contributed by atoms with E-state index in [1.807, 2.05) is 19.2 Å². The fourth-order valence-electron chi connectivity index (χ4n) is 2.25. The Hall–Kier alpha value is -1.47. The minimum Gasteiger partial charge on any atom is -0.481 e. The van der Waals surface area contributed by atoms with Crippen LogP contribution in [0.3, 0.4) is 0 Å². The minimum atomic E-state index is -0.886. The van der Waals surface area contributed by atoms with Crippen molar-refractivity contribution in [3.8, 4) is 0 Å². The predicted molar refractivity (Wildman–Crippen MR) is 77.9 cm³/mol. The summed E-state index contributed by atoms with van der Waals surface area (Å²) in [4.78, 5) is 28.9. The van der Waals surface area contributed by atoms with Crippen LogP contribution in [0, 0.1) is 11.8 Å². The van der Waals surface area contributed by atoms with Crippen molar-refractivity contribution < 1.29 is 19.4 Å². The zero-order chi connectivity index (χ0) is 15.6. The number of aliphatic carboxylic acids is 1. The molecule has 1 saturated carbocycles. The average Bonchev–Trinajstić information content (AvgIpc) is 3.11. The van der Waals surface area contributed by atoms with E-state index in [4.69, 9.17) is 9.84 Å². The molecular formula is C14H20N2O4S. The van der Waals surface area contributed by atoms with E-state index >= 15 is 0 Å². The van der Waals surface area contributed by atoms with Gasteiger partial charge in [0.15, 0.2) is 0 Å². The van der Waals surface area contributed by atoms with Crippen LogP contribution in [0.25, 0.3) is 0 Å². The van der Waals surface area contributed by atoms with E-state index in [0.29, 0.717) is 19.6 Å². The number of rotatable bonds is 7. The predicted octanol–water partition coefficient (Wildman–Crippen LogP) is 1.92. The number of nitrogens with zero attached hydrogens (tertiary/aromatic N) is 2. The molecule has 0 bridgehead atoms. The molecule has 1 N–H and O–H groups in total. The third-order valence-corrected chi connectivity index (χ3v) is 4.59. The van der Waals surface area contributed by atoms with Crippen LogP contribution >= 0.6 is 11.3 Å². The van der Waals surface area contributed by atoms with E-state index in [-0.39, 0.29) is 17.9 Å². The van der Waals surface area contributed by atoms with Gasteiger partial charge in [0.2, 0.25) is 5.91 Å². The lowest BCUT2D eigenvalue weighted by molar-refractivity contribution is -0.141. The Kier molecular flexibility index (Phi) is 4.95. The number of amides is 1. The van der Waals surface area contributed by atoms with Crippen LogP contribution in [-0.4, -0.2) is 40.5 Å². The first kappa shape index (κ1) is 15.9. The molecule has 6 nitrogen and oxygen atoms in total. The molecule has 1 amide bonds. The molecule has 0 aliphatic heterocycles. The molecular weight excluding hydrogens is 292 g/mol. The summed E-state index contributed by atoms with van der Waals surface area (Å²) in [5.74, 6) is -1.88. The van der Waals surface area contributed by atoms with Crippen molar-refractivity contribution in [3.05, 3.63) is 16.1 Å². The first-order valence-electron chi connectivity index (χ1n) is 6.97. The van der Waals surface area contributed by atoms with E-state index < -0.39 is 11.9 Å². The van der Waals surface area contributed by atoms with Crippen molar-refractivity contribution >= 4 is 23.2 Å². The third-order valence-electron chi connectivity index (χ3n) is 3.53. The topological polar surface area (TPSA) is 79.7 Å². The van der Waals surface area contributed by atoms with Gasteiger partial charge in [0.05, 0.1) is 24.1 Å². The number of hydrogen-bond donors (Lipinski definition) is 1. The van der Waals surface area contributed by atoms with Crippen molar-refractivity contribution in [1.29, 1.82) is 0 Å². The first-order valence-corrected chi connectivity index (χ1v) is 7.85. The first-order chi connectivity index (χ1) is 9.93. The van der Waals surface area contributed by atoms with Gasteiger partial charge >= 0.3 is 5.97 Å². The Morgan fingerprint density at radius 1 is 1.57 bits per heavy atom. The maximum Gasteiger partial charge on any atom is 0.307 e. The highest BCUT2D eigenvalue weighted by molar-refractivity contribution is 7.09. The number of thiazole rings is 1. The summed E-state index contributed by atoms with van der Waals surface area (Å²) in [6.45, 7) is 4.92. The second-order valence-corrected chi connectivity index (χ2v) is 6.15. The van der Waals surface area contributed by atoms with Crippen molar-refractivity contribution in [2.24, 2.45) is 11.8 Å². The van der Waals surface area contributed by atoms with Crippen molar-refractivity contribution in [2.75, 3.05) is 13.7 Å². The fourth-order valence-corrected chi connectivity index (χ4v) is 3.06. The Bertz CT molecular complexity index is 531. The number of carbonyl (C=O) groups is 2. The molecule has 0 unspecified atom stereocenters. The normalized spacial score (nSPS) is 21.9. The van der Waals surface area contributed by atoms with Crippen LogP contribution in [0.5, 0.6) is 0 Å². The number of carbonyl (C=O) groups excluding carboxylic acids is 1. The standard InChI is InChI=1S/C14H20N2O4S/c1-4-20-8(2)12-15-9(7-21-12)6-16(3)13(17)10-5-11(10)14(18)19/h7-8,10-11H,4-6H2,1-3H3,(H,18,19)/t8-,10+,11+/m1/s1.